The van der Waals surface area contributed by atoms with Gasteiger partial charge in [-0.05, 0) is 106 Å². The van der Waals surface area contributed by atoms with Crippen LogP contribution in [-0.2, 0) is 28.8 Å². The van der Waals surface area contributed by atoms with Gasteiger partial charge in [-0.3, -0.25) is 28.8 Å². The van der Waals surface area contributed by atoms with E-state index in [-0.39, 0.29) is 76.5 Å². The molecule has 302 valence electrons. The Balaban J connectivity index is 1.25. The summed E-state index contributed by atoms with van der Waals surface area (Å²) in [6.45, 7) is 14.7. The highest BCUT2D eigenvalue weighted by Gasteiger charge is 2.85. The quantitative estimate of drug-likeness (QED) is 0.167. The van der Waals surface area contributed by atoms with Crippen LogP contribution in [0, 0.1) is 51.2 Å². The maximum Gasteiger partial charge on any atom is 0.227 e. The highest BCUT2D eigenvalue weighted by Crippen LogP contribution is 2.88. The Morgan fingerprint density at radius 1 is 0.852 bits per heavy atom. The number of nitrogens with zero attached hydrogens (tertiary/aromatic N) is 2. The van der Waals surface area contributed by atoms with E-state index >= 15 is 4.79 Å². The molecule has 0 unspecified atom stereocenters. The minimum absolute atomic E-state index is 0.0138. The minimum atomic E-state index is -0.681. The molecule has 54 heavy (non-hydrogen) atoms. The van der Waals surface area contributed by atoms with Crippen molar-refractivity contribution in [2.24, 2.45) is 51.2 Å². The lowest BCUT2D eigenvalue weighted by Gasteiger charge is -2.37. The van der Waals surface area contributed by atoms with E-state index in [2.05, 4.69) is 24.1 Å². The van der Waals surface area contributed by atoms with Crippen LogP contribution in [0.5, 0.6) is 0 Å². The monoisotopic (exact) mass is 750 g/mol. The molecule has 2 aliphatic heterocycles. The van der Waals surface area contributed by atoms with Gasteiger partial charge in [0.15, 0.2) is 17.3 Å². The molecule has 6 rings (SSSR count). The van der Waals surface area contributed by atoms with Gasteiger partial charge in [-0.2, -0.15) is 0 Å². The SMILES string of the molecule is CCC[C@H](CC(=O)[C@@H]1C[C@@]2(CN1C(=O)[C@@H](CC(=O)[C@@H](NC(=O)[C@@H]1CCCN(C)C1)C1CCCCC1)C(C)(C)C)C(C)(C)C21CCC1)C(=O)C(=O)CC1CC1. The molecule has 4 saturated carbocycles. The smallest absolute Gasteiger partial charge is 0.227 e. The molecule has 2 heterocycles. The number of carbonyl (C=O) groups excluding carboxylic acids is 6. The lowest BCUT2D eigenvalue weighted by molar-refractivity contribution is -0.147. The Hall–Kier alpha value is -2.42. The molecule has 0 aromatic rings. The number of rotatable bonds is 16. The maximum atomic E-state index is 15.2. The van der Waals surface area contributed by atoms with Gasteiger partial charge < -0.3 is 15.1 Å². The van der Waals surface area contributed by atoms with Crippen molar-refractivity contribution in [2.75, 3.05) is 26.7 Å². The number of hydrogen-bond acceptors (Lipinski definition) is 7. The lowest BCUT2D eigenvalue weighted by Crippen LogP contribution is -2.53. The van der Waals surface area contributed by atoms with Crippen LogP contribution < -0.4 is 5.32 Å². The molecule has 1 N–H and O–H groups in total. The second-order valence-corrected chi connectivity index (χ2v) is 20.5. The number of amides is 2. The van der Waals surface area contributed by atoms with E-state index in [4.69, 9.17) is 0 Å². The van der Waals surface area contributed by atoms with E-state index in [9.17, 15) is 24.0 Å². The molecule has 2 saturated heterocycles. The first-order valence-corrected chi connectivity index (χ1v) is 21.9. The number of nitrogens with one attached hydrogen (secondary N) is 1. The zero-order chi connectivity index (χ0) is 39.2. The number of fused-ring (bicyclic) bond motifs is 1. The van der Waals surface area contributed by atoms with Gasteiger partial charge in [0.1, 0.15) is 0 Å². The fourth-order valence-corrected chi connectivity index (χ4v) is 12.0. The van der Waals surface area contributed by atoms with Crippen molar-refractivity contribution in [3.63, 3.8) is 0 Å². The van der Waals surface area contributed by atoms with E-state index in [0.29, 0.717) is 38.3 Å². The summed E-state index contributed by atoms with van der Waals surface area (Å²) in [7, 11) is 2.04. The number of ketones is 4. The summed E-state index contributed by atoms with van der Waals surface area (Å²) in [5, 5.41) is 3.24. The van der Waals surface area contributed by atoms with Gasteiger partial charge in [0.2, 0.25) is 17.6 Å². The molecule has 6 fully saturated rings. The van der Waals surface area contributed by atoms with Crippen LogP contribution in [0.25, 0.3) is 0 Å². The van der Waals surface area contributed by atoms with Gasteiger partial charge in [-0.15, -0.1) is 0 Å². The van der Waals surface area contributed by atoms with Crippen molar-refractivity contribution in [3.8, 4) is 0 Å². The molecule has 9 nitrogen and oxygen atoms in total. The summed E-state index contributed by atoms with van der Waals surface area (Å²) in [6.07, 6.45) is 14.1. The fraction of sp³-hybridized carbons (Fsp3) is 0.867. The molecule has 0 radical (unpaired) electrons. The molecular formula is C45H71N3O6. The number of carbonyl (C=O) groups is 6. The van der Waals surface area contributed by atoms with Crippen molar-refractivity contribution in [1.82, 2.24) is 15.1 Å². The van der Waals surface area contributed by atoms with Crippen LogP contribution in [-0.4, -0.2) is 83.5 Å². The first-order chi connectivity index (χ1) is 25.5. The first kappa shape index (κ1) is 41.2. The molecule has 2 spiro atoms. The molecule has 4 aliphatic carbocycles. The Morgan fingerprint density at radius 3 is 2.09 bits per heavy atom. The number of piperidine rings is 1. The molecule has 6 aliphatic rings. The average Bonchev–Trinajstić information content (AvgIpc) is 3.93. The molecular weight excluding hydrogens is 679 g/mol. The van der Waals surface area contributed by atoms with Crippen molar-refractivity contribution in [2.45, 2.75) is 169 Å². The lowest BCUT2D eigenvalue weighted by atomic mass is 9.73. The number of Topliss-reactive ketones (excluding diaryl/α,β-unsaturated/α-hetero) is 4. The minimum Gasteiger partial charge on any atom is -0.346 e. The zero-order valence-corrected chi connectivity index (χ0v) is 34.7. The second kappa shape index (κ2) is 15.8. The van der Waals surface area contributed by atoms with E-state index < -0.39 is 35.1 Å². The highest BCUT2D eigenvalue weighted by atomic mass is 16.2. The van der Waals surface area contributed by atoms with Gasteiger partial charge in [-0.1, -0.05) is 73.6 Å². The van der Waals surface area contributed by atoms with Crippen LogP contribution in [0.4, 0.5) is 0 Å². The Kier molecular flexibility index (Phi) is 12.1. The van der Waals surface area contributed by atoms with Crippen molar-refractivity contribution in [1.29, 1.82) is 0 Å². The maximum absolute atomic E-state index is 15.2. The summed E-state index contributed by atoms with van der Waals surface area (Å²) in [5.41, 5.74) is -0.685. The molecule has 0 aromatic carbocycles. The van der Waals surface area contributed by atoms with Gasteiger partial charge in [0.25, 0.3) is 0 Å². The molecule has 0 aromatic heterocycles. The van der Waals surface area contributed by atoms with E-state index in [1.54, 1.807) is 0 Å². The summed E-state index contributed by atoms with van der Waals surface area (Å²) >= 11 is 0. The van der Waals surface area contributed by atoms with E-state index in [1.165, 1.54) is 0 Å². The van der Waals surface area contributed by atoms with E-state index in [0.717, 1.165) is 83.6 Å². The van der Waals surface area contributed by atoms with Crippen LogP contribution in [0.1, 0.15) is 157 Å². The Bertz CT molecular complexity index is 1470. The van der Waals surface area contributed by atoms with Crippen LogP contribution in [0.2, 0.25) is 0 Å². The molecule has 9 heteroatoms. The van der Waals surface area contributed by atoms with Crippen molar-refractivity contribution >= 4 is 34.9 Å². The third kappa shape index (κ3) is 7.79. The Labute approximate surface area is 325 Å². The fourth-order valence-electron chi connectivity index (χ4n) is 12.0. The van der Waals surface area contributed by atoms with Crippen molar-refractivity contribution in [3.05, 3.63) is 0 Å². The normalized spacial score (nSPS) is 29.6. The van der Waals surface area contributed by atoms with Gasteiger partial charge in [-0.25, -0.2) is 0 Å². The van der Waals surface area contributed by atoms with Crippen LogP contribution in [0.15, 0.2) is 0 Å². The van der Waals surface area contributed by atoms with Crippen LogP contribution in [0.3, 0.4) is 0 Å². The van der Waals surface area contributed by atoms with Gasteiger partial charge >= 0.3 is 0 Å². The second-order valence-electron chi connectivity index (χ2n) is 20.5. The third-order valence-electron chi connectivity index (χ3n) is 15.9. The predicted molar refractivity (Wildman–Crippen MR) is 209 cm³/mol. The predicted octanol–water partition coefficient (Wildman–Crippen LogP) is 7.13. The third-order valence-corrected chi connectivity index (χ3v) is 15.9. The van der Waals surface area contributed by atoms with E-state index in [1.807, 2.05) is 39.6 Å². The molecule has 6 atom stereocenters. The summed E-state index contributed by atoms with van der Waals surface area (Å²) < 4.78 is 0. The number of likely N-dealkylation sites (tertiary alicyclic amines) is 2. The Morgan fingerprint density at radius 2 is 1.54 bits per heavy atom. The standard InChI is InChI=1S/C45H71N3O6/c1-8-14-31(39(52)37(51)23-29-18-19-29)24-35(49)34-26-45(43(5,6)44(45)20-13-21-44)28-48(34)41(54)33(42(2,3)4)25-36(50)38(30-15-10-9-11-16-30)46-40(53)32-17-12-22-47(7)27-32/h29-34,38H,8-28H2,1-7H3,(H,46,53)/t31-,32-,33-,34+,38+,45-/m1/s1. The highest BCUT2D eigenvalue weighted by molar-refractivity contribution is 6.38. The van der Waals surface area contributed by atoms with Crippen molar-refractivity contribution < 1.29 is 28.8 Å². The average molecular weight is 750 g/mol. The summed E-state index contributed by atoms with van der Waals surface area (Å²) in [5.74, 6) is -2.30. The molecule has 0 bridgehead atoms. The van der Waals surface area contributed by atoms with Gasteiger partial charge in [0, 0.05) is 49.6 Å². The largest absolute Gasteiger partial charge is 0.346 e. The van der Waals surface area contributed by atoms with Crippen LogP contribution >= 0.6 is 0 Å². The first-order valence-electron chi connectivity index (χ1n) is 21.9. The summed E-state index contributed by atoms with van der Waals surface area (Å²) in [6, 6.07) is -1.31. The zero-order valence-electron chi connectivity index (χ0n) is 34.7. The summed E-state index contributed by atoms with van der Waals surface area (Å²) in [4.78, 5) is 88.5. The number of hydrogen-bond donors (Lipinski definition) is 1. The van der Waals surface area contributed by atoms with Gasteiger partial charge in [0.05, 0.1) is 18.0 Å². The molecule has 2 amide bonds. The topological polar surface area (TPSA) is 121 Å².